The lowest BCUT2D eigenvalue weighted by Crippen LogP contribution is -2.49. The average molecular weight is 692 g/mol. The van der Waals surface area contributed by atoms with E-state index in [0.29, 0.717) is 11.8 Å². The van der Waals surface area contributed by atoms with Gasteiger partial charge in [-0.05, 0) is 142 Å². The second kappa shape index (κ2) is 12.9. The second-order valence-electron chi connectivity index (χ2n) is 17.7. The zero-order chi connectivity index (χ0) is 36.5. The van der Waals surface area contributed by atoms with Gasteiger partial charge in [0.25, 0.3) is 0 Å². The molecule has 0 saturated heterocycles. The minimum Gasteiger partial charge on any atom is -0.310 e. The van der Waals surface area contributed by atoms with Crippen LogP contribution in [0.4, 0.5) is 17.1 Å². The van der Waals surface area contributed by atoms with Crippen molar-refractivity contribution in [3.63, 3.8) is 0 Å². The summed E-state index contributed by atoms with van der Waals surface area (Å²) in [5.74, 6) is 2.91. The predicted octanol–water partition coefficient (Wildman–Crippen LogP) is 14.5. The van der Waals surface area contributed by atoms with E-state index in [1.54, 1.807) is 11.1 Å². The van der Waals surface area contributed by atoms with E-state index in [1.807, 2.05) is 0 Å². The van der Waals surface area contributed by atoms with Gasteiger partial charge in [-0.1, -0.05) is 144 Å². The van der Waals surface area contributed by atoms with Gasteiger partial charge < -0.3 is 4.90 Å². The summed E-state index contributed by atoms with van der Waals surface area (Å²) in [5, 5.41) is 0. The van der Waals surface area contributed by atoms with E-state index in [9.17, 15) is 0 Å². The second-order valence-corrected chi connectivity index (χ2v) is 17.7. The highest BCUT2D eigenvalue weighted by Gasteiger charge is 2.57. The van der Waals surface area contributed by atoms with Crippen LogP contribution in [0.2, 0.25) is 0 Å². The van der Waals surface area contributed by atoms with Crippen molar-refractivity contribution in [2.24, 2.45) is 23.7 Å². The van der Waals surface area contributed by atoms with Crippen LogP contribution in [-0.2, 0) is 10.8 Å². The molecule has 0 aliphatic heterocycles. The van der Waals surface area contributed by atoms with Crippen LogP contribution >= 0.6 is 0 Å². The highest BCUT2D eigenvalue weighted by atomic mass is 15.1. The number of aryl methyl sites for hydroxylation is 1. The van der Waals surface area contributed by atoms with Gasteiger partial charge >= 0.3 is 0 Å². The van der Waals surface area contributed by atoms with E-state index in [1.165, 1.54) is 87.3 Å². The van der Waals surface area contributed by atoms with Crippen LogP contribution in [0.15, 0.2) is 140 Å². The molecule has 1 nitrogen and oxygen atoms in total. The van der Waals surface area contributed by atoms with E-state index < -0.39 is 0 Å². The van der Waals surface area contributed by atoms with Gasteiger partial charge in [0.2, 0.25) is 0 Å². The molecular weight excluding hydrogens is 639 g/mol. The van der Waals surface area contributed by atoms with Crippen molar-refractivity contribution in [1.82, 2.24) is 0 Å². The predicted molar refractivity (Wildman–Crippen MR) is 225 cm³/mol. The molecule has 266 valence electrons. The van der Waals surface area contributed by atoms with Gasteiger partial charge in [-0.2, -0.15) is 0 Å². The Morgan fingerprint density at radius 2 is 1.21 bits per heavy atom. The topological polar surface area (TPSA) is 3.24 Å². The molecule has 53 heavy (non-hydrogen) atoms. The largest absolute Gasteiger partial charge is 0.310 e. The summed E-state index contributed by atoms with van der Waals surface area (Å²) in [6.07, 6.45) is 5.41. The Labute approximate surface area is 317 Å². The molecule has 1 heteroatoms. The summed E-state index contributed by atoms with van der Waals surface area (Å²) in [7, 11) is 0. The summed E-state index contributed by atoms with van der Waals surface area (Å²) < 4.78 is 0. The standard InChI is InChI=1S/C52H53N/c1-34-29-37-32-36(3)52(40(30-34)33-37)48-21-12-10-18-45(48)47-20-14-19-46(50(47)52)43-28-27-42(31-35(43)2)53(41-25-23-39(24-26-41)51(4,5)6)49-22-13-11-17-44(49)38-15-8-7-9-16-38/h7-28,31,34,36-37,40H,29-30,32-33H2,1-6H3. The summed E-state index contributed by atoms with van der Waals surface area (Å²) in [6.45, 7) is 14.3. The van der Waals surface area contributed by atoms with Gasteiger partial charge in [-0.15, -0.1) is 0 Å². The highest BCUT2D eigenvalue weighted by molar-refractivity contribution is 5.92. The summed E-state index contributed by atoms with van der Waals surface area (Å²) in [6, 6.07) is 52.8. The molecule has 0 heterocycles. The highest BCUT2D eigenvalue weighted by Crippen LogP contribution is 2.66. The fourth-order valence-corrected chi connectivity index (χ4v) is 11.2. The summed E-state index contributed by atoms with van der Waals surface area (Å²) in [4.78, 5) is 2.46. The van der Waals surface area contributed by atoms with E-state index in [-0.39, 0.29) is 10.8 Å². The van der Waals surface area contributed by atoms with E-state index in [2.05, 4.69) is 186 Å². The van der Waals surface area contributed by atoms with Crippen molar-refractivity contribution < 1.29 is 0 Å². The maximum absolute atomic E-state index is 2.58. The fraction of sp³-hybridized carbons (Fsp3) is 0.308. The maximum Gasteiger partial charge on any atom is 0.0540 e. The first-order chi connectivity index (χ1) is 25.6. The molecule has 0 amide bonds. The average Bonchev–Trinajstić information content (AvgIpc) is 3.46. The van der Waals surface area contributed by atoms with Crippen molar-refractivity contribution >= 4 is 17.1 Å². The maximum atomic E-state index is 2.58. The molecule has 3 aliphatic carbocycles. The zero-order valence-electron chi connectivity index (χ0n) is 32.4. The number of hydrogen-bond acceptors (Lipinski definition) is 1. The third kappa shape index (κ3) is 5.50. The van der Waals surface area contributed by atoms with Crippen LogP contribution in [0.25, 0.3) is 33.4 Å². The molecule has 6 aromatic rings. The third-order valence-electron chi connectivity index (χ3n) is 13.3. The van der Waals surface area contributed by atoms with Crippen molar-refractivity contribution in [3.05, 3.63) is 162 Å². The van der Waals surface area contributed by atoms with Gasteiger partial charge in [-0.25, -0.2) is 0 Å². The van der Waals surface area contributed by atoms with E-state index >= 15 is 0 Å². The van der Waals surface area contributed by atoms with Gasteiger partial charge in [0.15, 0.2) is 0 Å². The number of para-hydroxylation sites is 1. The SMILES string of the molecule is Cc1cc(N(c2ccc(C(C)(C)C)cc2)c2ccccc2-c2ccccc2)ccc1-c1cccc2c1C1(c3ccccc3-2)C(C)CC2CC(C)CC1C2. The molecule has 2 bridgehead atoms. The lowest BCUT2D eigenvalue weighted by atomic mass is 9.49. The van der Waals surface area contributed by atoms with Crippen LogP contribution in [0, 0.1) is 30.6 Å². The molecule has 6 aromatic carbocycles. The van der Waals surface area contributed by atoms with Gasteiger partial charge in [0.1, 0.15) is 0 Å². The number of rotatable bonds is 5. The lowest BCUT2D eigenvalue weighted by Gasteiger charge is -2.55. The summed E-state index contributed by atoms with van der Waals surface area (Å²) >= 11 is 0. The van der Waals surface area contributed by atoms with Crippen LogP contribution < -0.4 is 4.90 Å². The quantitative estimate of drug-likeness (QED) is 0.174. The molecule has 5 atom stereocenters. The molecule has 0 aromatic heterocycles. The van der Waals surface area contributed by atoms with Crippen LogP contribution in [0.1, 0.15) is 82.6 Å². The van der Waals surface area contributed by atoms with Crippen molar-refractivity contribution in [2.45, 2.75) is 78.1 Å². The Morgan fingerprint density at radius 1 is 0.566 bits per heavy atom. The molecule has 0 radical (unpaired) electrons. The first-order valence-corrected chi connectivity index (χ1v) is 20.0. The van der Waals surface area contributed by atoms with Gasteiger partial charge in [-0.3, -0.25) is 0 Å². The van der Waals surface area contributed by atoms with Gasteiger partial charge in [0, 0.05) is 22.4 Å². The van der Waals surface area contributed by atoms with Crippen molar-refractivity contribution in [3.8, 4) is 33.4 Å². The molecule has 9 rings (SSSR count). The monoisotopic (exact) mass is 691 g/mol. The molecule has 5 unspecified atom stereocenters. The molecule has 0 N–H and O–H groups in total. The molecular formula is C52H53N. The Balaban J connectivity index is 1.21. The molecule has 1 spiro atoms. The van der Waals surface area contributed by atoms with Crippen molar-refractivity contribution in [1.29, 1.82) is 0 Å². The lowest BCUT2D eigenvalue weighted by molar-refractivity contribution is 0.0429. The van der Waals surface area contributed by atoms with Gasteiger partial charge in [0.05, 0.1) is 5.69 Å². The number of hydrogen-bond donors (Lipinski definition) is 0. The minimum absolute atomic E-state index is 0.0499. The number of fused-ring (bicyclic) bond motifs is 8. The minimum atomic E-state index is 0.0499. The smallest absolute Gasteiger partial charge is 0.0540 e. The van der Waals surface area contributed by atoms with Crippen LogP contribution in [0.5, 0.6) is 0 Å². The third-order valence-corrected chi connectivity index (χ3v) is 13.3. The van der Waals surface area contributed by atoms with E-state index in [0.717, 1.165) is 11.8 Å². The number of anilines is 3. The fourth-order valence-electron chi connectivity index (χ4n) is 11.2. The Hall–Kier alpha value is -4.88. The Kier molecular flexibility index (Phi) is 8.26. The molecule has 2 fully saturated rings. The summed E-state index contributed by atoms with van der Waals surface area (Å²) in [5.41, 5.74) is 17.7. The number of benzene rings is 6. The van der Waals surface area contributed by atoms with Crippen LogP contribution in [-0.4, -0.2) is 0 Å². The van der Waals surface area contributed by atoms with E-state index in [4.69, 9.17) is 0 Å². The van der Waals surface area contributed by atoms with Crippen LogP contribution in [0.3, 0.4) is 0 Å². The Morgan fingerprint density at radius 3 is 1.94 bits per heavy atom. The normalized spacial score (nSPS) is 23.1. The Bertz CT molecular complexity index is 2290. The van der Waals surface area contributed by atoms with Crippen molar-refractivity contribution in [2.75, 3.05) is 4.90 Å². The zero-order valence-corrected chi connectivity index (χ0v) is 32.4. The first-order valence-electron chi connectivity index (χ1n) is 20.0. The first kappa shape index (κ1) is 33.9. The molecule has 3 aliphatic rings. The molecule has 2 saturated carbocycles. The number of nitrogens with zero attached hydrogens (tertiary/aromatic N) is 1.